The topological polar surface area (TPSA) is 60.2 Å². The van der Waals surface area contributed by atoms with E-state index in [-0.39, 0.29) is 11.4 Å². The third-order valence-corrected chi connectivity index (χ3v) is 1.51. The van der Waals surface area contributed by atoms with Crippen LogP contribution >= 0.6 is 0 Å². The summed E-state index contributed by atoms with van der Waals surface area (Å²) < 4.78 is 0. The first-order valence-electron chi connectivity index (χ1n) is 3.80. The SMILES string of the molecule is C=C/C=C(\C=C(/C)C(C)=O)C(N)=O. The summed E-state index contributed by atoms with van der Waals surface area (Å²) in [5, 5.41) is 0. The van der Waals surface area contributed by atoms with E-state index >= 15 is 0 Å². The number of amides is 1. The van der Waals surface area contributed by atoms with Gasteiger partial charge in [-0.2, -0.15) is 0 Å². The molecular formula is C10H13NO2. The molecule has 70 valence electrons. The fraction of sp³-hybridized carbons (Fsp3) is 0.200. The summed E-state index contributed by atoms with van der Waals surface area (Å²) in [6.07, 6.45) is 4.37. The number of nitrogens with two attached hydrogens (primary N) is 1. The van der Waals surface area contributed by atoms with Crippen molar-refractivity contribution in [2.75, 3.05) is 0 Å². The van der Waals surface area contributed by atoms with Gasteiger partial charge in [0, 0.05) is 5.57 Å². The number of hydrogen-bond acceptors (Lipinski definition) is 2. The summed E-state index contributed by atoms with van der Waals surface area (Å²) in [4.78, 5) is 21.6. The third-order valence-electron chi connectivity index (χ3n) is 1.51. The van der Waals surface area contributed by atoms with Gasteiger partial charge in [-0.05, 0) is 25.5 Å². The first-order valence-corrected chi connectivity index (χ1v) is 3.80. The highest BCUT2D eigenvalue weighted by molar-refractivity contribution is 5.99. The molecule has 0 aromatic carbocycles. The van der Waals surface area contributed by atoms with Crippen LogP contribution in [0, 0.1) is 0 Å². The van der Waals surface area contributed by atoms with E-state index in [0.717, 1.165) is 0 Å². The van der Waals surface area contributed by atoms with E-state index in [1.165, 1.54) is 25.2 Å². The molecule has 0 unspecified atom stereocenters. The largest absolute Gasteiger partial charge is 0.366 e. The van der Waals surface area contributed by atoms with Crippen LogP contribution < -0.4 is 5.73 Å². The Morgan fingerprint density at radius 3 is 2.15 bits per heavy atom. The van der Waals surface area contributed by atoms with E-state index in [4.69, 9.17) is 5.73 Å². The summed E-state index contributed by atoms with van der Waals surface area (Å²) in [5.41, 5.74) is 5.83. The minimum Gasteiger partial charge on any atom is -0.366 e. The Morgan fingerprint density at radius 1 is 1.31 bits per heavy atom. The average molecular weight is 179 g/mol. The van der Waals surface area contributed by atoms with E-state index < -0.39 is 5.91 Å². The number of carbonyl (C=O) groups is 2. The summed E-state index contributed by atoms with van der Waals surface area (Å²) in [6, 6.07) is 0. The second kappa shape index (κ2) is 5.09. The summed E-state index contributed by atoms with van der Waals surface area (Å²) in [6.45, 7) is 6.49. The highest BCUT2D eigenvalue weighted by Crippen LogP contribution is 2.03. The Bertz CT molecular complexity index is 298. The molecule has 0 aromatic rings. The fourth-order valence-corrected chi connectivity index (χ4v) is 0.663. The molecule has 3 heteroatoms. The van der Waals surface area contributed by atoms with Crippen molar-refractivity contribution >= 4 is 11.7 Å². The lowest BCUT2D eigenvalue weighted by Gasteiger charge is -1.96. The molecule has 0 saturated carbocycles. The van der Waals surface area contributed by atoms with Crippen LogP contribution in [0.15, 0.2) is 36.0 Å². The zero-order chi connectivity index (χ0) is 10.4. The van der Waals surface area contributed by atoms with Crippen LogP contribution in [0.25, 0.3) is 0 Å². The van der Waals surface area contributed by atoms with E-state index in [9.17, 15) is 9.59 Å². The van der Waals surface area contributed by atoms with Gasteiger partial charge in [0.2, 0.25) is 5.91 Å². The van der Waals surface area contributed by atoms with Crippen LogP contribution in [0.2, 0.25) is 0 Å². The molecule has 0 heterocycles. The molecule has 0 bridgehead atoms. The lowest BCUT2D eigenvalue weighted by molar-refractivity contribution is -0.114. The molecule has 0 aliphatic heterocycles. The standard InChI is InChI=1S/C10H13NO2/c1-4-5-9(10(11)13)6-7(2)8(3)12/h4-6H,1H2,2-3H3,(H2,11,13)/b7-6+,9-5+. The molecular weight excluding hydrogens is 166 g/mol. The Kier molecular flexibility index (Phi) is 4.44. The minimum absolute atomic E-state index is 0.0868. The maximum atomic E-state index is 10.8. The van der Waals surface area contributed by atoms with Gasteiger partial charge in [-0.1, -0.05) is 18.7 Å². The molecule has 0 rings (SSSR count). The molecule has 1 amide bonds. The molecule has 0 aliphatic rings. The predicted molar refractivity (Wildman–Crippen MR) is 51.9 cm³/mol. The summed E-state index contributed by atoms with van der Waals surface area (Å²) in [7, 11) is 0. The molecule has 13 heavy (non-hydrogen) atoms. The number of ketones is 1. The number of Topliss-reactive ketones (excluding diaryl/α,β-unsaturated/α-hetero) is 1. The van der Waals surface area contributed by atoms with Crippen molar-refractivity contribution in [1.82, 2.24) is 0 Å². The van der Waals surface area contributed by atoms with Crippen LogP contribution in [0.4, 0.5) is 0 Å². The van der Waals surface area contributed by atoms with Crippen LogP contribution in [0.5, 0.6) is 0 Å². The Morgan fingerprint density at radius 2 is 1.85 bits per heavy atom. The van der Waals surface area contributed by atoms with E-state index in [2.05, 4.69) is 6.58 Å². The van der Waals surface area contributed by atoms with Crippen molar-refractivity contribution in [3.8, 4) is 0 Å². The molecule has 0 radical (unpaired) electrons. The number of hydrogen-bond donors (Lipinski definition) is 1. The monoisotopic (exact) mass is 179 g/mol. The molecule has 0 atom stereocenters. The Labute approximate surface area is 77.6 Å². The van der Waals surface area contributed by atoms with Crippen LogP contribution in [0.3, 0.4) is 0 Å². The molecule has 2 N–H and O–H groups in total. The van der Waals surface area contributed by atoms with E-state index in [1.54, 1.807) is 6.92 Å². The maximum absolute atomic E-state index is 10.8. The first kappa shape index (κ1) is 11.4. The maximum Gasteiger partial charge on any atom is 0.248 e. The van der Waals surface area contributed by atoms with Crippen molar-refractivity contribution in [2.45, 2.75) is 13.8 Å². The molecule has 0 fully saturated rings. The Hall–Kier alpha value is -1.64. The van der Waals surface area contributed by atoms with Gasteiger partial charge in [0.05, 0.1) is 0 Å². The van der Waals surface area contributed by atoms with Gasteiger partial charge in [-0.25, -0.2) is 0 Å². The zero-order valence-corrected chi connectivity index (χ0v) is 7.83. The molecule has 0 aromatic heterocycles. The van der Waals surface area contributed by atoms with Gasteiger partial charge in [0.25, 0.3) is 0 Å². The Balaban J connectivity index is 4.91. The van der Waals surface area contributed by atoms with Gasteiger partial charge < -0.3 is 5.73 Å². The average Bonchev–Trinajstić information content (AvgIpc) is 2.03. The van der Waals surface area contributed by atoms with Crippen molar-refractivity contribution in [3.63, 3.8) is 0 Å². The quantitative estimate of drug-likeness (QED) is 0.519. The number of carbonyl (C=O) groups excluding carboxylic acids is 2. The van der Waals surface area contributed by atoms with Gasteiger partial charge in [0.1, 0.15) is 0 Å². The molecule has 0 saturated heterocycles. The zero-order valence-electron chi connectivity index (χ0n) is 7.83. The highest BCUT2D eigenvalue weighted by Gasteiger charge is 2.02. The van der Waals surface area contributed by atoms with Crippen molar-refractivity contribution in [2.24, 2.45) is 5.73 Å². The van der Waals surface area contributed by atoms with Crippen LogP contribution in [-0.2, 0) is 9.59 Å². The number of allylic oxidation sites excluding steroid dienone is 3. The van der Waals surface area contributed by atoms with E-state index in [0.29, 0.717) is 5.57 Å². The summed E-state index contributed by atoms with van der Waals surface area (Å²) in [5.74, 6) is -0.656. The predicted octanol–water partition coefficient (Wildman–Crippen LogP) is 1.12. The second-order valence-corrected chi connectivity index (χ2v) is 2.61. The van der Waals surface area contributed by atoms with Gasteiger partial charge in [-0.3, -0.25) is 9.59 Å². The smallest absolute Gasteiger partial charge is 0.248 e. The molecule has 0 spiro atoms. The normalized spacial score (nSPS) is 12.5. The van der Waals surface area contributed by atoms with E-state index in [1.807, 2.05) is 0 Å². The molecule has 3 nitrogen and oxygen atoms in total. The number of primary amides is 1. The third kappa shape index (κ3) is 4.06. The van der Waals surface area contributed by atoms with Gasteiger partial charge in [0.15, 0.2) is 5.78 Å². The lowest BCUT2D eigenvalue weighted by atomic mass is 10.1. The molecule has 0 aliphatic carbocycles. The lowest BCUT2D eigenvalue weighted by Crippen LogP contribution is -2.13. The number of rotatable bonds is 4. The van der Waals surface area contributed by atoms with Gasteiger partial charge >= 0.3 is 0 Å². The fourth-order valence-electron chi connectivity index (χ4n) is 0.663. The van der Waals surface area contributed by atoms with Gasteiger partial charge in [-0.15, -0.1) is 0 Å². The van der Waals surface area contributed by atoms with Crippen molar-refractivity contribution in [1.29, 1.82) is 0 Å². The first-order chi connectivity index (χ1) is 5.99. The highest BCUT2D eigenvalue weighted by atomic mass is 16.1. The van der Waals surface area contributed by atoms with Crippen LogP contribution in [-0.4, -0.2) is 11.7 Å². The van der Waals surface area contributed by atoms with Crippen LogP contribution in [0.1, 0.15) is 13.8 Å². The van der Waals surface area contributed by atoms with Crippen molar-refractivity contribution in [3.05, 3.63) is 36.0 Å². The van der Waals surface area contributed by atoms with Crippen molar-refractivity contribution < 1.29 is 9.59 Å². The second-order valence-electron chi connectivity index (χ2n) is 2.61. The summed E-state index contributed by atoms with van der Waals surface area (Å²) >= 11 is 0. The minimum atomic E-state index is -0.569.